The van der Waals surface area contributed by atoms with Crippen LogP contribution in [-0.4, -0.2) is 42.1 Å². The number of hydrogen-bond acceptors (Lipinski definition) is 7. The number of carbonyl (C=O) groups is 3. The second kappa shape index (κ2) is 10.0. The van der Waals surface area contributed by atoms with E-state index in [1.54, 1.807) is 56.3 Å². The molecule has 1 fully saturated rings. The molecule has 38 heavy (non-hydrogen) atoms. The molecule has 3 aromatic rings. The first-order valence-electron chi connectivity index (χ1n) is 12.3. The van der Waals surface area contributed by atoms with Gasteiger partial charge in [-0.15, -0.1) is 0 Å². The van der Waals surface area contributed by atoms with Gasteiger partial charge in [0.25, 0.3) is 11.7 Å². The summed E-state index contributed by atoms with van der Waals surface area (Å²) in [5.74, 6) is -1.40. The Morgan fingerprint density at radius 1 is 0.947 bits per heavy atom. The second-order valence-electron chi connectivity index (χ2n) is 9.44. The van der Waals surface area contributed by atoms with E-state index in [9.17, 15) is 19.5 Å². The molecule has 1 saturated heterocycles. The monoisotopic (exact) mass is 513 g/mol. The molecule has 1 unspecified atom stereocenters. The molecule has 1 atom stereocenters. The highest BCUT2D eigenvalue weighted by atomic mass is 16.6. The maximum atomic E-state index is 13.4. The maximum absolute atomic E-state index is 13.4. The number of anilines is 1. The number of ketones is 1. The van der Waals surface area contributed by atoms with Crippen LogP contribution < -0.4 is 14.4 Å². The number of benzene rings is 3. The number of amides is 1. The van der Waals surface area contributed by atoms with Crippen molar-refractivity contribution in [2.45, 2.75) is 32.9 Å². The highest BCUT2D eigenvalue weighted by Gasteiger charge is 2.47. The summed E-state index contributed by atoms with van der Waals surface area (Å²) in [6.07, 6.45) is -0.276. The molecular formula is C30H27NO7. The van der Waals surface area contributed by atoms with E-state index in [4.69, 9.17) is 14.2 Å². The fourth-order valence-electron chi connectivity index (χ4n) is 4.64. The number of aliphatic hydroxyl groups is 1. The molecule has 8 nitrogen and oxygen atoms in total. The standard InChI is InChI=1S/C30H27NO7/c1-17(2)38-30(35)19-7-10-22(11-8-19)31-26(20-6-4-5-18(3)15-20)25(28(33)29(31)34)27(32)21-9-12-23-24(16-21)37-14-13-36-23/h4-12,15-17,26,32H,13-14H2,1-3H3/b27-25-. The van der Waals surface area contributed by atoms with Crippen molar-refractivity contribution in [2.24, 2.45) is 0 Å². The SMILES string of the molecule is Cc1cccc(C2/C(=C(/O)c3ccc4c(c3)OCCO4)C(=O)C(=O)N2c2ccc(C(=O)OC(C)C)cc2)c1. The van der Waals surface area contributed by atoms with E-state index in [0.717, 1.165) is 5.56 Å². The van der Waals surface area contributed by atoms with Crippen LogP contribution in [0.3, 0.4) is 0 Å². The minimum Gasteiger partial charge on any atom is -0.507 e. The van der Waals surface area contributed by atoms with Crippen molar-refractivity contribution in [3.8, 4) is 11.5 Å². The average Bonchev–Trinajstić information content (AvgIpc) is 3.17. The van der Waals surface area contributed by atoms with Crippen molar-refractivity contribution >= 4 is 29.1 Å². The Morgan fingerprint density at radius 3 is 2.32 bits per heavy atom. The Morgan fingerprint density at radius 2 is 1.63 bits per heavy atom. The first-order chi connectivity index (χ1) is 18.2. The van der Waals surface area contributed by atoms with E-state index in [0.29, 0.717) is 47.1 Å². The lowest BCUT2D eigenvalue weighted by Crippen LogP contribution is -2.29. The normalized spacial score (nSPS) is 18.1. The van der Waals surface area contributed by atoms with Gasteiger partial charge in [0.1, 0.15) is 19.0 Å². The van der Waals surface area contributed by atoms with Crippen LogP contribution in [0.4, 0.5) is 5.69 Å². The molecule has 0 aromatic heterocycles. The molecule has 1 N–H and O–H groups in total. The van der Waals surface area contributed by atoms with E-state index in [2.05, 4.69) is 0 Å². The van der Waals surface area contributed by atoms with Crippen LogP contribution in [0.2, 0.25) is 0 Å². The summed E-state index contributed by atoms with van der Waals surface area (Å²) in [7, 11) is 0. The largest absolute Gasteiger partial charge is 0.507 e. The molecule has 0 saturated carbocycles. The third-order valence-corrected chi connectivity index (χ3v) is 6.34. The van der Waals surface area contributed by atoms with Gasteiger partial charge < -0.3 is 19.3 Å². The summed E-state index contributed by atoms with van der Waals surface area (Å²) in [5, 5.41) is 11.4. The number of fused-ring (bicyclic) bond motifs is 1. The molecule has 8 heteroatoms. The molecular weight excluding hydrogens is 486 g/mol. The van der Waals surface area contributed by atoms with Crippen LogP contribution in [0.1, 0.15) is 46.9 Å². The minimum atomic E-state index is -0.892. The Balaban J connectivity index is 1.61. The highest BCUT2D eigenvalue weighted by molar-refractivity contribution is 6.51. The van der Waals surface area contributed by atoms with Gasteiger partial charge in [0.2, 0.25) is 0 Å². The fraction of sp³-hybridized carbons (Fsp3) is 0.233. The van der Waals surface area contributed by atoms with Crippen molar-refractivity contribution in [3.63, 3.8) is 0 Å². The summed E-state index contributed by atoms with van der Waals surface area (Å²) in [4.78, 5) is 40.5. The number of nitrogens with zero attached hydrogens (tertiary/aromatic N) is 1. The molecule has 0 radical (unpaired) electrons. The first kappa shape index (κ1) is 25.1. The summed E-state index contributed by atoms with van der Waals surface area (Å²) >= 11 is 0. The van der Waals surface area contributed by atoms with Gasteiger partial charge in [-0.05, 0) is 68.8 Å². The highest BCUT2D eigenvalue weighted by Crippen LogP contribution is 2.43. The summed E-state index contributed by atoms with van der Waals surface area (Å²) < 4.78 is 16.4. The van der Waals surface area contributed by atoms with Crippen molar-refractivity contribution in [1.82, 2.24) is 0 Å². The van der Waals surface area contributed by atoms with Gasteiger partial charge >= 0.3 is 5.97 Å². The fourth-order valence-corrected chi connectivity index (χ4v) is 4.64. The molecule has 3 aromatic carbocycles. The van der Waals surface area contributed by atoms with Gasteiger partial charge in [-0.1, -0.05) is 29.8 Å². The van der Waals surface area contributed by atoms with Crippen LogP contribution in [0.25, 0.3) is 5.76 Å². The number of Topliss-reactive ketones (excluding diaryl/α,β-unsaturated/α-hetero) is 1. The molecule has 0 bridgehead atoms. The average molecular weight is 514 g/mol. The molecule has 5 rings (SSSR count). The van der Waals surface area contributed by atoms with Gasteiger partial charge in [0.05, 0.1) is 23.3 Å². The summed E-state index contributed by atoms with van der Waals surface area (Å²) in [6, 6.07) is 17.7. The number of esters is 1. The smallest absolute Gasteiger partial charge is 0.338 e. The van der Waals surface area contributed by atoms with Gasteiger partial charge in [-0.25, -0.2) is 4.79 Å². The number of aryl methyl sites for hydroxylation is 1. The lowest BCUT2D eigenvalue weighted by Gasteiger charge is -2.26. The van der Waals surface area contributed by atoms with Crippen LogP contribution in [0, 0.1) is 6.92 Å². The van der Waals surface area contributed by atoms with E-state index >= 15 is 0 Å². The lowest BCUT2D eigenvalue weighted by atomic mass is 9.94. The molecule has 2 aliphatic heterocycles. The van der Waals surface area contributed by atoms with Crippen molar-refractivity contribution in [2.75, 3.05) is 18.1 Å². The van der Waals surface area contributed by atoms with E-state index in [-0.39, 0.29) is 17.4 Å². The van der Waals surface area contributed by atoms with Crippen LogP contribution >= 0.6 is 0 Å². The zero-order valence-corrected chi connectivity index (χ0v) is 21.3. The molecule has 1 amide bonds. The summed E-state index contributed by atoms with van der Waals surface area (Å²) in [5.41, 5.74) is 2.60. The number of ether oxygens (including phenoxy) is 3. The third-order valence-electron chi connectivity index (χ3n) is 6.34. The second-order valence-corrected chi connectivity index (χ2v) is 9.44. The lowest BCUT2D eigenvalue weighted by molar-refractivity contribution is -0.132. The molecule has 2 heterocycles. The van der Waals surface area contributed by atoms with Crippen LogP contribution in [-0.2, 0) is 14.3 Å². The van der Waals surface area contributed by atoms with E-state index in [1.165, 1.54) is 4.90 Å². The van der Waals surface area contributed by atoms with Gasteiger partial charge in [0.15, 0.2) is 11.5 Å². The van der Waals surface area contributed by atoms with E-state index in [1.807, 2.05) is 31.2 Å². The summed E-state index contributed by atoms with van der Waals surface area (Å²) in [6.45, 7) is 6.21. The zero-order chi connectivity index (χ0) is 27.0. The van der Waals surface area contributed by atoms with Crippen LogP contribution in [0.5, 0.6) is 11.5 Å². The minimum absolute atomic E-state index is 0.0411. The van der Waals surface area contributed by atoms with Crippen LogP contribution in [0.15, 0.2) is 72.3 Å². The molecule has 194 valence electrons. The van der Waals surface area contributed by atoms with Gasteiger partial charge in [-0.3, -0.25) is 14.5 Å². The molecule has 0 aliphatic carbocycles. The number of rotatable bonds is 5. The number of carbonyl (C=O) groups excluding carboxylic acids is 3. The van der Waals surface area contributed by atoms with Crippen molar-refractivity contribution in [3.05, 3.63) is 94.6 Å². The quantitative estimate of drug-likeness (QED) is 0.223. The molecule has 2 aliphatic rings. The maximum Gasteiger partial charge on any atom is 0.338 e. The Bertz CT molecular complexity index is 1460. The third kappa shape index (κ3) is 4.61. The number of aliphatic hydroxyl groups excluding tert-OH is 1. The zero-order valence-electron chi connectivity index (χ0n) is 21.3. The Labute approximate surface area is 220 Å². The van der Waals surface area contributed by atoms with E-state index < -0.39 is 23.7 Å². The van der Waals surface area contributed by atoms with Crippen molar-refractivity contribution in [1.29, 1.82) is 0 Å². The first-order valence-corrected chi connectivity index (χ1v) is 12.3. The topological polar surface area (TPSA) is 102 Å². The van der Waals surface area contributed by atoms with Gasteiger partial charge in [-0.2, -0.15) is 0 Å². The predicted octanol–water partition coefficient (Wildman–Crippen LogP) is 4.96. The van der Waals surface area contributed by atoms with Crippen molar-refractivity contribution < 1.29 is 33.7 Å². The Kier molecular flexibility index (Phi) is 6.63. The van der Waals surface area contributed by atoms with Gasteiger partial charge in [0, 0.05) is 11.3 Å². The molecule has 0 spiro atoms. The number of hydrogen-bond donors (Lipinski definition) is 1. The predicted molar refractivity (Wildman–Crippen MR) is 140 cm³/mol. The Hall–Kier alpha value is -4.59.